The molecule has 4 heteroatoms. The third-order valence-electron chi connectivity index (χ3n) is 2.74. The fourth-order valence-electron chi connectivity index (χ4n) is 1.67. The zero-order valence-corrected chi connectivity index (χ0v) is 10.3. The number of rotatable bonds is 2. The summed E-state index contributed by atoms with van der Waals surface area (Å²) in [6, 6.07) is 12.7. The van der Waals surface area contributed by atoms with Gasteiger partial charge in [-0.15, -0.1) is 0 Å². The molecule has 0 aliphatic carbocycles. The second-order valence-electron chi connectivity index (χ2n) is 4.08. The molecule has 0 aromatic heterocycles. The van der Waals surface area contributed by atoms with Crippen molar-refractivity contribution in [3.05, 3.63) is 65.0 Å². The Kier molecular flexibility index (Phi) is 3.58. The van der Waals surface area contributed by atoms with Crippen molar-refractivity contribution in [3.8, 4) is 6.07 Å². The first-order chi connectivity index (χ1) is 9.11. The average molecular weight is 254 g/mol. The van der Waals surface area contributed by atoms with E-state index < -0.39 is 11.7 Å². The number of para-hydroxylation sites is 1. The van der Waals surface area contributed by atoms with Crippen LogP contribution in [0.2, 0.25) is 0 Å². The Morgan fingerprint density at radius 1 is 1.21 bits per heavy atom. The molecule has 0 atom stereocenters. The summed E-state index contributed by atoms with van der Waals surface area (Å²) in [5.74, 6) is -0.875. The molecule has 0 heterocycles. The van der Waals surface area contributed by atoms with E-state index in [-0.39, 0.29) is 5.69 Å². The van der Waals surface area contributed by atoms with Gasteiger partial charge in [0.15, 0.2) is 0 Å². The van der Waals surface area contributed by atoms with E-state index in [4.69, 9.17) is 5.26 Å². The lowest BCUT2D eigenvalue weighted by Crippen LogP contribution is -2.13. The van der Waals surface area contributed by atoms with Gasteiger partial charge in [0.2, 0.25) is 0 Å². The summed E-state index contributed by atoms with van der Waals surface area (Å²) in [7, 11) is 0. The van der Waals surface area contributed by atoms with Gasteiger partial charge in [-0.25, -0.2) is 4.39 Å². The number of carbonyl (C=O) groups is 1. The van der Waals surface area contributed by atoms with Crippen LogP contribution in [0, 0.1) is 24.1 Å². The largest absolute Gasteiger partial charge is 0.319 e. The Balaban J connectivity index is 2.23. The summed E-state index contributed by atoms with van der Waals surface area (Å²) in [5.41, 5.74) is 1.68. The minimum atomic E-state index is -0.470. The fraction of sp³-hybridized carbons (Fsp3) is 0.0667. The molecule has 0 fully saturated rings. The highest BCUT2D eigenvalue weighted by Gasteiger charge is 2.11. The fourth-order valence-corrected chi connectivity index (χ4v) is 1.67. The lowest BCUT2D eigenvalue weighted by atomic mass is 10.1. The Labute approximate surface area is 110 Å². The molecule has 2 rings (SSSR count). The third-order valence-corrected chi connectivity index (χ3v) is 2.74. The van der Waals surface area contributed by atoms with Crippen molar-refractivity contribution < 1.29 is 9.18 Å². The zero-order chi connectivity index (χ0) is 13.8. The van der Waals surface area contributed by atoms with Crippen LogP contribution in [-0.2, 0) is 0 Å². The third kappa shape index (κ3) is 2.78. The molecule has 0 aliphatic heterocycles. The van der Waals surface area contributed by atoms with Gasteiger partial charge in [0.1, 0.15) is 5.82 Å². The van der Waals surface area contributed by atoms with Gasteiger partial charge < -0.3 is 5.32 Å². The van der Waals surface area contributed by atoms with Crippen LogP contribution in [0.4, 0.5) is 10.1 Å². The van der Waals surface area contributed by atoms with E-state index in [1.165, 1.54) is 18.2 Å². The minimum Gasteiger partial charge on any atom is -0.319 e. The normalized spacial score (nSPS) is 9.74. The number of aryl methyl sites for hydroxylation is 1. The number of nitrogens with zero attached hydrogens (tertiary/aromatic N) is 1. The second kappa shape index (κ2) is 5.32. The van der Waals surface area contributed by atoms with Gasteiger partial charge in [0.05, 0.1) is 17.3 Å². The summed E-state index contributed by atoms with van der Waals surface area (Å²) in [4.78, 5) is 12.0. The van der Waals surface area contributed by atoms with Crippen LogP contribution < -0.4 is 5.32 Å². The molecule has 0 aliphatic rings. The highest BCUT2D eigenvalue weighted by atomic mass is 19.1. The Morgan fingerprint density at radius 2 is 1.89 bits per heavy atom. The Bertz CT molecular complexity index is 637. The lowest BCUT2D eigenvalue weighted by Gasteiger charge is -2.09. The smallest absolute Gasteiger partial charge is 0.255 e. The molecular formula is C15H11FN2O. The van der Waals surface area contributed by atoms with Crippen LogP contribution in [-0.4, -0.2) is 5.91 Å². The van der Waals surface area contributed by atoms with E-state index in [0.29, 0.717) is 16.7 Å². The van der Waals surface area contributed by atoms with Gasteiger partial charge in [-0.2, -0.15) is 5.26 Å². The molecule has 0 spiro atoms. The van der Waals surface area contributed by atoms with E-state index in [1.54, 1.807) is 31.2 Å². The van der Waals surface area contributed by atoms with Crippen LogP contribution >= 0.6 is 0 Å². The van der Waals surface area contributed by atoms with Gasteiger partial charge in [0, 0.05) is 5.56 Å². The van der Waals surface area contributed by atoms with Gasteiger partial charge in [-0.3, -0.25) is 4.79 Å². The van der Waals surface area contributed by atoms with E-state index in [9.17, 15) is 9.18 Å². The highest BCUT2D eigenvalue weighted by Crippen LogP contribution is 2.19. The van der Waals surface area contributed by atoms with Crippen LogP contribution in [0.1, 0.15) is 21.5 Å². The van der Waals surface area contributed by atoms with Crippen molar-refractivity contribution in [1.82, 2.24) is 0 Å². The molecule has 0 radical (unpaired) electrons. The monoisotopic (exact) mass is 254 g/mol. The van der Waals surface area contributed by atoms with Gasteiger partial charge in [-0.05, 0) is 42.8 Å². The van der Waals surface area contributed by atoms with Crippen LogP contribution in [0.15, 0.2) is 42.5 Å². The van der Waals surface area contributed by atoms with Crippen molar-refractivity contribution in [2.75, 3.05) is 5.32 Å². The summed E-state index contributed by atoms with van der Waals surface area (Å²) in [6.07, 6.45) is 0. The van der Waals surface area contributed by atoms with Crippen LogP contribution in [0.3, 0.4) is 0 Å². The van der Waals surface area contributed by atoms with Crippen molar-refractivity contribution in [1.29, 1.82) is 5.26 Å². The maximum absolute atomic E-state index is 13.6. The minimum absolute atomic E-state index is 0.178. The van der Waals surface area contributed by atoms with E-state index >= 15 is 0 Å². The van der Waals surface area contributed by atoms with Gasteiger partial charge in [-0.1, -0.05) is 12.1 Å². The quantitative estimate of drug-likeness (QED) is 0.894. The number of halogens is 1. The molecule has 0 bridgehead atoms. The topological polar surface area (TPSA) is 52.9 Å². The number of anilines is 1. The molecule has 1 amide bonds. The molecule has 2 aromatic rings. The standard InChI is InChI=1S/C15H11FN2O/c1-10-3-2-4-13(16)14(10)18-15(19)12-7-5-11(9-17)6-8-12/h2-8H,1H3,(H,18,19). The maximum Gasteiger partial charge on any atom is 0.255 e. The van der Waals surface area contributed by atoms with Crippen LogP contribution in [0.5, 0.6) is 0 Å². The van der Waals surface area contributed by atoms with E-state index in [1.807, 2.05) is 6.07 Å². The second-order valence-corrected chi connectivity index (χ2v) is 4.08. The molecule has 0 saturated carbocycles. The summed E-state index contributed by atoms with van der Waals surface area (Å²) in [6.45, 7) is 1.72. The molecule has 3 nitrogen and oxygen atoms in total. The SMILES string of the molecule is Cc1cccc(F)c1NC(=O)c1ccc(C#N)cc1. The molecule has 1 N–H and O–H groups in total. The lowest BCUT2D eigenvalue weighted by molar-refractivity contribution is 0.102. The number of nitriles is 1. The summed E-state index contributed by atoms with van der Waals surface area (Å²) < 4.78 is 13.6. The highest BCUT2D eigenvalue weighted by molar-refractivity contribution is 6.04. The Hall–Kier alpha value is -2.67. The van der Waals surface area contributed by atoms with Crippen LogP contribution in [0.25, 0.3) is 0 Å². The van der Waals surface area contributed by atoms with E-state index in [0.717, 1.165) is 0 Å². The number of amides is 1. The molecule has 19 heavy (non-hydrogen) atoms. The number of nitrogens with one attached hydrogen (secondary N) is 1. The molecule has 0 unspecified atom stereocenters. The predicted molar refractivity (Wildman–Crippen MR) is 70.2 cm³/mol. The maximum atomic E-state index is 13.6. The molecule has 94 valence electrons. The molecule has 0 saturated heterocycles. The van der Waals surface area contributed by atoms with E-state index in [2.05, 4.69) is 5.32 Å². The van der Waals surface area contributed by atoms with Gasteiger partial charge >= 0.3 is 0 Å². The average Bonchev–Trinajstić information content (AvgIpc) is 2.43. The summed E-state index contributed by atoms with van der Waals surface area (Å²) in [5, 5.41) is 11.2. The van der Waals surface area contributed by atoms with Crippen molar-refractivity contribution >= 4 is 11.6 Å². The first kappa shape index (κ1) is 12.8. The van der Waals surface area contributed by atoms with Crippen molar-refractivity contribution in [2.24, 2.45) is 0 Å². The summed E-state index contributed by atoms with van der Waals surface area (Å²) >= 11 is 0. The Morgan fingerprint density at radius 3 is 2.47 bits per heavy atom. The van der Waals surface area contributed by atoms with Crippen molar-refractivity contribution in [2.45, 2.75) is 6.92 Å². The predicted octanol–water partition coefficient (Wildman–Crippen LogP) is 3.26. The number of hydrogen-bond acceptors (Lipinski definition) is 2. The number of benzene rings is 2. The number of hydrogen-bond donors (Lipinski definition) is 1. The van der Waals surface area contributed by atoms with Gasteiger partial charge in [0.25, 0.3) is 5.91 Å². The molecule has 2 aromatic carbocycles. The van der Waals surface area contributed by atoms with Crippen molar-refractivity contribution in [3.63, 3.8) is 0 Å². The number of carbonyl (C=O) groups excluding carboxylic acids is 1. The zero-order valence-electron chi connectivity index (χ0n) is 10.3. The first-order valence-electron chi connectivity index (χ1n) is 5.68. The molecular weight excluding hydrogens is 243 g/mol. The first-order valence-corrected chi connectivity index (χ1v) is 5.68.